The van der Waals surface area contributed by atoms with Crippen molar-refractivity contribution >= 4 is 15.9 Å². The van der Waals surface area contributed by atoms with Crippen LogP contribution in [0.3, 0.4) is 0 Å². The van der Waals surface area contributed by atoms with Crippen LogP contribution < -0.4 is 0 Å². The standard InChI is InChI=1S/C9H16BrNO/c1-7(10)4-11-8(2)5-12-6-9(11)3/h8-9H,1,4-6H2,2-3H3. The van der Waals surface area contributed by atoms with Crippen molar-refractivity contribution in [3.8, 4) is 0 Å². The van der Waals surface area contributed by atoms with Gasteiger partial charge < -0.3 is 4.74 Å². The second-order valence-corrected chi connectivity index (χ2v) is 4.55. The highest BCUT2D eigenvalue weighted by atomic mass is 79.9. The molecule has 0 radical (unpaired) electrons. The molecule has 0 bridgehead atoms. The third-order valence-corrected chi connectivity index (χ3v) is 2.46. The number of hydrogen-bond acceptors (Lipinski definition) is 2. The van der Waals surface area contributed by atoms with Gasteiger partial charge in [0.1, 0.15) is 0 Å². The van der Waals surface area contributed by atoms with Crippen molar-refractivity contribution in [1.82, 2.24) is 4.90 Å². The monoisotopic (exact) mass is 233 g/mol. The van der Waals surface area contributed by atoms with Gasteiger partial charge in [0, 0.05) is 23.1 Å². The van der Waals surface area contributed by atoms with Crippen LogP contribution in [0.1, 0.15) is 13.8 Å². The minimum absolute atomic E-state index is 0.503. The fourth-order valence-corrected chi connectivity index (χ4v) is 1.83. The number of nitrogens with zero attached hydrogens (tertiary/aromatic N) is 1. The summed E-state index contributed by atoms with van der Waals surface area (Å²) in [5.41, 5.74) is 0. The van der Waals surface area contributed by atoms with Gasteiger partial charge in [-0.15, -0.1) is 0 Å². The molecule has 0 saturated carbocycles. The maximum absolute atomic E-state index is 5.42. The van der Waals surface area contributed by atoms with Gasteiger partial charge in [-0.25, -0.2) is 0 Å². The van der Waals surface area contributed by atoms with E-state index in [4.69, 9.17) is 4.74 Å². The molecule has 0 aromatic rings. The lowest BCUT2D eigenvalue weighted by Gasteiger charge is -2.38. The molecular weight excluding hydrogens is 218 g/mol. The van der Waals surface area contributed by atoms with Crippen molar-refractivity contribution in [3.63, 3.8) is 0 Å². The van der Waals surface area contributed by atoms with Crippen molar-refractivity contribution in [2.24, 2.45) is 0 Å². The van der Waals surface area contributed by atoms with E-state index in [9.17, 15) is 0 Å². The molecule has 0 aromatic heterocycles. The fraction of sp³-hybridized carbons (Fsp3) is 0.778. The number of morpholine rings is 1. The Morgan fingerprint density at radius 3 is 2.42 bits per heavy atom. The molecule has 1 fully saturated rings. The summed E-state index contributed by atoms with van der Waals surface area (Å²) in [7, 11) is 0. The third-order valence-electron chi connectivity index (χ3n) is 2.20. The molecule has 0 amide bonds. The Labute approximate surface area is 82.7 Å². The first-order chi connectivity index (χ1) is 5.61. The van der Waals surface area contributed by atoms with Crippen LogP contribution in [0.2, 0.25) is 0 Å². The molecule has 0 aromatic carbocycles. The molecule has 1 rings (SSSR count). The van der Waals surface area contributed by atoms with E-state index in [1.807, 2.05) is 0 Å². The zero-order chi connectivity index (χ0) is 9.14. The number of rotatable bonds is 2. The van der Waals surface area contributed by atoms with Gasteiger partial charge in [0.2, 0.25) is 0 Å². The molecule has 0 aliphatic carbocycles. The van der Waals surface area contributed by atoms with Crippen LogP contribution in [-0.4, -0.2) is 36.7 Å². The molecule has 0 spiro atoms. The van der Waals surface area contributed by atoms with Gasteiger partial charge in [-0.2, -0.15) is 0 Å². The maximum Gasteiger partial charge on any atom is 0.0620 e. The Balaban J connectivity index is 2.50. The van der Waals surface area contributed by atoms with Crippen LogP contribution in [0.5, 0.6) is 0 Å². The molecule has 1 heterocycles. The predicted molar refractivity (Wildman–Crippen MR) is 54.5 cm³/mol. The van der Waals surface area contributed by atoms with E-state index in [0.29, 0.717) is 12.1 Å². The van der Waals surface area contributed by atoms with Crippen LogP contribution in [0.4, 0.5) is 0 Å². The van der Waals surface area contributed by atoms with Gasteiger partial charge >= 0.3 is 0 Å². The van der Waals surface area contributed by atoms with Crippen LogP contribution in [0.15, 0.2) is 11.1 Å². The molecule has 1 saturated heterocycles. The molecular formula is C9H16BrNO. The second kappa shape index (κ2) is 4.40. The molecule has 3 heteroatoms. The Kier molecular flexibility index (Phi) is 3.75. The molecule has 1 aliphatic rings. The van der Waals surface area contributed by atoms with Crippen LogP contribution in [-0.2, 0) is 4.74 Å². The van der Waals surface area contributed by atoms with Crippen LogP contribution in [0.25, 0.3) is 0 Å². The Hall–Kier alpha value is 0.140. The van der Waals surface area contributed by atoms with E-state index in [0.717, 1.165) is 24.2 Å². The summed E-state index contributed by atoms with van der Waals surface area (Å²) in [6.07, 6.45) is 0. The molecule has 70 valence electrons. The van der Waals surface area contributed by atoms with Gasteiger partial charge in [0.15, 0.2) is 0 Å². The zero-order valence-electron chi connectivity index (χ0n) is 7.72. The summed E-state index contributed by atoms with van der Waals surface area (Å²) in [5, 5.41) is 0. The summed E-state index contributed by atoms with van der Waals surface area (Å²) in [5.74, 6) is 0. The van der Waals surface area contributed by atoms with E-state index in [1.54, 1.807) is 0 Å². The van der Waals surface area contributed by atoms with E-state index in [2.05, 4.69) is 41.3 Å². The average molecular weight is 234 g/mol. The lowest BCUT2D eigenvalue weighted by molar-refractivity contribution is -0.0308. The van der Waals surface area contributed by atoms with Crippen molar-refractivity contribution < 1.29 is 4.74 Å². The molecule has 2 unspecified atom stereocenters. The first-order valence-electron chi connectivity index (χ1n) is 4.28. The summed E-state index contributed by atoms with van der Waals surface area (Å²) < 4.78 is 6.46. The summed E-state index contributed by atoms with van der Waals surface area (Å²) in [6.45, 7) is 10.8. The number of hydrogen-bond donors (Lipinski definition) is 0. The summed E-state index contributed by atoms with van der Waals surface area (Å²) >= 11 is 3.39. The number of ether oxygens (including phenoxy) is 1. The van der Waals surface area contributed by atoms with Crippen LogP contribution in [0, 0.1) is 0 Å². The molecule has 12 heavy (non-hydrogen) atoms. The quantitative estimate of drug-likeness (QED) is 0.724. The van der Waals surface area contributed by atoms with Crippen molar-refractivity contribution in [3.05, 3.63) is 11.1 Å². The molecule has 1 aliphatic heterocycles. The molecule has 2 nitrogen and oxygen atoms in total. The second-order valence-electron chi connectivity index (χ2n) is 3.43. The third kappa shape index (κ3) is 2.57. The first-order valence-corrected chi connectivity index (χ1v) is 5.07. The highest BCUT2D eigenvalue weighted by Crippen LogP contribution is 2.16. The lowest BCUT2D eigenvalue weighted by atomic mass is 10.2. The molecule has 2 atom stereocenters. The summed E-state index contributed by atoms with van der Waals surface area (Å²) in [4.78, 5) is 2.40. The summed E-state index contributed by atoms with van der Waals surface area (Å²) in [6, 6.07) is 1.01. The lowest BCUT2D eigenvalue weighted by Crippen LogP contribution is -2.49. The first kappa shape index (κ1) is 10.2. The fourth-order valence-electron chi connectivity index (χ4n) is 1.54. The van der Waals surface area contributed by atoms with E-state index >= 15 is 0 Å². The van der Waals surface area contributed by atoms with Crippen molar-refractivity contribution in [1.29, 1.82) is 0 Å². The van der Waals surface area contributed by atoms with Gasteiger partial charge in [-0.1, -0.05) is 22.5 Å². The zero-order valence-corrected chi connectivity index (χ0v) is 9.30. The normalized spacial score (nSPS) is 31.9. The SMILES string of the molecule is C=C(Br)CN1C(C)COCC1C. The Bertz CT molecular complexity index is 162. The minimum Gasteiger partial charge on any atom is -0.378 e. The van der Waals surface area contributed by atoms with Gasteiger partial charge in [-0.3, -0.25) is 4.90 Å². The average Bonchev–Trinajstić information content (AvgIpc) is 1.97. The largest absolute Gasteiger partial charge is 0.378 e. The van der Waals surface area contributed by atoms with Crippen molar-refractivity contribution in [2.45, 2.75) is 25.9 Å². The smallest absolute Gasteiger partial charge is 0.0620 e. The van der Waals surface area contributed by atoms with Gasteiger partial charge in [-0.05, 0) is 13.8 Å². The Morgan fingerprint density at radius 2 is 2.00 bits per heavy atom. The maximum atomic E-state index is 5.42. The number of halogens is 1. The predicted octanol–water partition coefficient (Wildman–Crippen LogP) is 2.00. The van der Waals surface area contributed by atoms with Crippen LogP contribution >= 0.6 is 15.9 Å². The van der Waals surface area contributed by atoms with E-state index in [1.165, 1.54) is 0 Å². The van der Waals surface area contributed by atoms with E-state index in [-0.39, 0.29) is 0 Å². The van der Waals surface area contributed by atoms with Gasteiger partial charge in [0.25, 0.3) is 0 Å². The Morgan fingerprint density at radius 1 is 1.50 bits per heavy atom. The highest BCUT2D eigenvalue weighted by Gasteiger charge is 2.24. The van der Waals surface area contributed by atoms with E-state index < -0.39 is 0 Å². The molecule has 0 N–H and O–H groups in total. The van der Waals surface area contributed by atoms with Gasteiger partial charge in [0.05, 0.1) is 13.2 Å². The highest BCUT2D eigenvalue weighted by molar-refractivity contribution is 9.11. The van der Waals surface area contributed by atoms with Crippen molar-refractivity contribution in [2.75, 3.05) is 19.8 Å². The topological polar surface area (TPSA) is 12.5 Å². The minimum atomic E-state index is 0.503.